The van der Waals surface area contributed by atoms with Crippen LogP contribution in [0.1, 0.15) is 0 Å². The number of nitrogens with zero attached hydrogens (tertiary/aromatic N) is 4. The van der Waals surface area contributed by atoms with E-state index in [9.17, 15) is 8.42 Å². The summed E-state index contributed by atoms with van der Waals surface area (Å²) in [4.78, 5) is 8.00. The van der Waals surface area contributed by atoms with E-state index in [1.165, 1.54) is 0 Å². The van der Waals surface area contributed by atoms with Crippen LogP contribution in [-0.2, 0) is 16.7 Å². The maximum Gasteiger partial charge on any atom is 0.243 e. The molecule has 160 valence electrons. The minimum absolute atomic E-state index is 0.344. The smallest absolute Gasteiger partial charge is 0.243 e. The van der Waals surface area contributed by atoms with E-state index >= 15 is 0 Å². The lowest BCUT2D eigenvalue weighted by Gasteiger charge is -2.33. The molecule has 0 saturated carbocycles. The topological polar surface area (TPSA) is 74.2 Å². The van der Waals surface area contributed by atoms with E-state index in [1.807, 2.05) is 52.5 Å². The summed E-state index contributed by atoms with van der Waals surface area (Å²) in [7, 11) is -3.52. The number of benzene rings is 2. The number of H-pyrrole nitrogens is 1. The molecule has 0 amide bonds. The number of hydrogen-bond acceptors (Lipinski definition) is 6. The van der Waals surface area contributed by atoms with Crippen molar-refractivity contribution in [3.8, 4) is 10.7 Å². The molecule has 1 saturated heterocycles. The highest BCUT2D eigenvalue weighted by Gasteiger charge is 2.28. The van der Waals surface area contributed by atoms with Crippen LogP contribution in [-0.4, -0.2) is 58.6 Å². The van der Waals surface area contributed by atoms with E-state index < -0.39 is 10.0 Å². The maximum atomic E-state index is 13.2. The average Bonchev–Trinajstić information content (AvgIpc) is 3.44. The predicted molar refractivity (Wildman–Crippen MR) is 125 cm³/mol. The van der Waals surface area contributed by atoms with Crippen molar-refractivity contribution in [3.63, 3.8) is 0 Å². The standard InChI is InChI=1S/C21H21N5O2S3/c27-31(28,18-8-7-16-4-1-2-5-17(16)14-18)25-11-9-24(10-12-25)15-26-21(29)22-20(23-26)19-6-3-13-30-19/h1-8,13-14H,9-12,15H2,(H,22,23,29). The minimum atomic E-state index is -3.52. The normalized spacial score (nSPS) is 16.1. The van der Waals surface area contributed by atoms with Gasteiger partial charge in [0.25, 0.3) is 0 Å². The van der Waals surface area contributed by atoms with E-state index in [0.717, 1.165) is 21.5 Å². The van der Waals surface area contributed by atoms with Crippen molar-refractivity contribution < 1.29 is 8.42 Å². The van der Waals surface area contributed by atoms with Gasteiger partial charge in [-0.15, -0.1) is 11.3 Å². The Kier molecular flexibility index (Phi) is 5.49. The van der Waals surface area contributed by atoms with Gasteiger partial charge in [0, 0.05) is 26.2 Å². The van der Waals surface area contributed by atoms with Crippen molar-refractivity contribution in [1.82, 2.24) is 24.0 Å². The van der Waals surface area contributed by atoms with Gasteiger partial charge in [-0.05, 0) is 46.6 Å². The van der Waals surface area contributed by atoms with E-state index in [4.69, 9.17) is 12.2 Å². The zero-order chi connectivity index (χ0) is 21.4. The van der Waals surface area contributed by atoms with E-state index in [2.05, 4.69) is 15.0 Å². The molecule has 1 fully saturated rings. The van der Waals surface area contributed by atoms with Gasteiger partial charge in [0.2, 0.25) is 14.8 Å². The fraction of sp³-hybridized carbons (Fsp3) is 0.238. The number of nitrogens with one attached hydrogen (secondary N) is 1. The van der Waals surface area contributed by atoms with Crippen LogP contribution in [0.15, 0.2) is 64.9 Å². The van der Waals surface area contributed by atoms with Crippen molar-refractivity contribution in [2.45, 2.75) is 11.6 Å². The highest BCUT2D eigenvalue weighted by atomic mass is 32.2. The number of hydrogen-bond donors (Lipinski definition) is 1. The molecule has 2 aromatic carbocycles. The number of thiophene rings is 1. The third kappa shape index (κ3) is 4.09. The fourth-order valence-electron chi connectivity index (χ4n) is 3.76. The van der Waals surface area contributed by atoms with Crippen LogP contribution in [0, 0.1) is 4.77 Å². The van der Waals surface area contributed by atoms with Gasteiger partial charge in [0.05, 0.1) is 16.4 Å². The summed E-state index contributed by atoms with van der Waals surface area (Å²) in [6.07, 6.45) is 0. The van der Waals surface area contributed by atoms with Crippen LogP contribution in [0.3, 0.4) is 0 Å². The molecule has 0 aliphatic carbocycles. The number of sulfonamides is 1. The monoisotopic (exact) mass is 471 g/mol. The Bertz CT molecular complexity index is 1370. The average molecular weight is 472 g/mol. The number of aromatic amines is 1. The first kappa shape index (κ1) is 20.5. The highest BCUT2D eigenvalue weighted by Crippen LogP contribution is 2.23. The Labute approximate surface area is 189 Å². The van der Waals surface area contributed by atoms with Crippen molar-refractivity contribution in [2.75, 3.05) is 26.2 Å². The van der Waals surface area contributed by atoms with Gasteiger partial charge in [-0.2, -0.15) is 9.29 Å². The second-order valence-corrected chi connectivity index (χ2v) is 10.7. The highest BCUT2D eigenvalue weighted by molar-refractivity contribution is 7.89. The molecule has 5 rings (SSSR count). The lowest BCUT2D eigenvalue weighted by Crippen LogP contribution is -2.48. The molecule has 0 bridgehead atoms. The molecule has 7 nitrogen and oxygen atoms in total. The fourth-order valence-corrected chi connectivity index (χ4v) is 6.08. The van der Waals surface area contributed by atoms with Crippen molar-refractivity contribution in [1.29, 1.82) is 0 Å². The number of piperazine rings is 1. The first-order valence-electron chi connectivity index (χ1n) is 9.93. The quantitative estimate of drug-likeness (QED) is 0.449. The van der Waals surface area contributed by atoms with Crippen LogP contribution in [0.2, 0.25) is 0 Å². The molecule has 1 aliphatic heterocycles. The Morgan fingerprint density at radius 3 is 2.52 bits per heavy atom. The van der Waals surface area contributed by atoms with Crippen LogP contribution < -0.4 is 0 Å². The maximum absolute atomic E-state index is 13.2. The largest absolute Gasteiger partial charge is 0.282 e. The summed E-state index contributed by atoms with van der Waals surface area (Å²) in [5.41, 5.74) is 0. The Morgan fingerprint density at radius 1 is 1.00 bits per heavy atom. The second-order valence-electron chi connectivity index (χ2n) is 7.43. The van der Waals surface area contributed by atoms with Crippen LogP contribution in [0.5, 0.6) is 0 Å². The molecule has 0 radical (unpaired) electrons. The van der Waals surface area contributed by atoms with Crippen molar-refractivity contribution in [2.24, 2.45) is 0 Å². The summed E-state index contributed by atoms with van der Waals surface area (Å²) in [5.74, 6) is 0.762. The molecule has 0 unspecified atom stereocenters. The molecular formula is C21H21N5O2S3. The first-order valence-corrected chi connectivity index (χ1v) is 12.7. The van der Waals surface area contributed by atoms with Gasteiger partial charge >= 0.3 is 0 Å². The van der Waals surface area contributed by atoms with Crippen LogP contribution in [0.4, 0.5) is 0 Å². The first-order chi connectivity index (χ1) is 15.0. The molecule has 3 heterocycles. The van der Waals surface area contributed by atoms with Gasteiger partial charge < -0.3 is 0 Å². The zero-order valence-corrected chi connectivity index (χ0v) is 19.1. The molecule has 0 spiro atoms. The number of aromatic nitrogens is 3. The van der Waals surface area contributed by atoms with E-state index in [0.29, 0.717) is 42.5 Å². The third-order valence-electron chi connectivity index (χ3n) is 5.47. The molecular weight excluding hydrogens is 450 g/mol. The Balaban J connectivity index is 1.27. The summed E-state index contributed by atoms with van der Waals surface area (Å²) in [6.45, 7) is 2.69. The van der Waals surface area contributed by atoms with E-state index in [-0.39, 0.29) is 0 Å². The zero-order valence-electron chi connectivity index (χ0n) is 16.6. The second kappa shape index (κ2) is 8.29. The summed E-state index contributed by atoms with van der Waals surface area (Å²) in [6, 6.07) is 17.1. The molecule has 0 atom stereocenters. The Morgan fingerprint density at radius 2 is 1.77 bits per heavy atom. The van der Waals surface area contributed by atoms with Gasteiger partial charge in [-0.3, -0.25) is 10.00 Å². The number of fused-ring (bicyclic) bond motifs is 1. The minimum Gasteiger partial charge on any atom is -0.282 e. The summed E-state index contributed by atoms with van der Waals surface area (Å²) < 4.78 is 30.2. The molecule has 2 aromatic heterocycles. The van der Waals surface area contributed by atoms with Gasteiger partial charge in [-0.25, -0.2) is 13.1 Å². The summed E-state index contributed by atoms with van der Waals surface area (Å²) in [5, 5.41) is 7.21. The number of rotatable bonds is 5. The molecule has 31 heavy (non-hydrogen) atoms. The van der Waals surface area contributed by atoms with Crippen LogP contribution >= 0.6 is 23.6 Å². The van der Waals surface area contributed by atoms with Gasteiger partial charge in [0.1, 0.15) is 0 Å². The third-order valence-corrected chi connectivity index (χ3v) is 8.55. The summed E-state index contributed by atoms with van der Waals surface area (Å²) >= 11 is 7.00. The lowest BCUT2D eigenvalue weighted by atomic mass is 10.1. The van der Waals surface area contributed by atoms with Gasteiger partial charge in [-0.1, -0.05) is 36.4 Å². The molecule has 10 heteroatoms. The van der Waals surface area contributed by atoms with E-state index in [1.54, 1.807) is 27.8 Å². The van der Waals surface area contributed by atoms with Crippen molar-refractivity contribution >= 4 is 44.4 Å². The predicted octanol–water partition coefficient (Wildman–Crippen LogP) is 3.79. The SMILES string of the molecule is O=S(=O)(c1ccc2ccccc2c1)N1CCN(Cn2[nH]c(-c3cccs3)nc2=S)CC1. The molecule has 4 aromatic rings. The molecule has 1 aliphatic rings. The van der Waals surface area contributed by atoms with Gasteiger partial charge in [0.15, 0.2) is 5.82 Å². The molecule has 1 N–H and O–H groups in total. The van der Waals surface area contributed by atoms with Crippen LogP contribution in [0.25, 0.3) is 21.5 Å². The Hall–Kier alpha value is -2.37. The van der Waals surface area contributed by atoms with Crippen molar-refractivity contribution in [3.05, 3.63) is 64.7 Å². The lowest BCUT2D eigenvalue weighted by molar-refractivity contribution is 0.145.